The molecule has 17 heavy (non-hydrogen) atoms. The van der Waals surface area contributed by atoms with Crippen molar-refractivity contribution >= 4 is 21.8 Å². The zero-order valence-corrected chi connectivity index (χ0v) is 12.2. The van der Waals surface area contributed by atoms with Crippen LogP contribution >= 0.6 is 15.9 Å². The van der Waals surface area contributed by atoms with Gasteiger partial charge < -0.3 is 14.2 Å². The summed E-state index contributed by atoms with van der Waals surface area (Å²) in [7, 11) is 3.42. The standard InChI is InChI=1S/C12H19BrN2O2/c1-4-5-15-9-10(13)8-11(15)12(16)14(2)6-7-17-3/h8-9H,4-7H2,1-3H3. The third kappa shape index (κ3) is 3.85. The number of likely N-dealkylation sites (N-methyl/N-ethyl adjacent to an activating group) is 1. The molecule has 4 nitrogen and oxygen atoms in total. The summed E-state index contributed by atoms with van der Waals surface area (Å²) >= 11 is 3.41. The monoisotopic (exact) mass is 302 g/mol. The third-order valence-corrected chi connectivity index (χ3v) is 2.96. The fraction of sp³-hybridized carbons (Fsp3) is 0.583. The Balaban J connectivity index is 2.79. The Labute approximate surface area is 111 Å². The molecule has 0 N–H and O–H groups in total. The lowest BCUT2D eigenvalue weighted by molar-refractivity contribution is 0.0733. The van der Waals surface area contributed by atoms with Crippen LogP contribution in [-0.2, 0) is 11.3 Å². The number of nitrogens with zero attached hydrogens (tertiary/aromatic N) is 2. The molecule has 0 aliphatic heterocycles. The van der Waals surface area contributed by atoms with Gasteiger partial charge in [-0.25, -0.2) is 0 Å². The summed E-state index contributed by atoms with van der Waals surface area (Å²) < 4.78 is 7.89. The Morgan fingerprint density at radius 2 is 2.29 bits per heavy atom. The van der Waals surface area contributed by atoms with Crippen LogP contribution in [0.4, 0.5) is 0 Å². The molecule has 0 radical (unpaired) electrons. The SMILES string of the molecule is CCCn1cc(Br)cc1C(=O)N(C)CCOC. The molecule has 1 amide bonds. The first-order chi connectivity index (χ1) is 8.10. The molecule has 0 aliphatic carbocycles. The molecule has 0 saturated heterocycles. The molecule has 5 heteroatoms. The van der Waals surface area contributed by atoms with Crippen LogP contribution in [0.3, 0.4) is 0 Å². The first-order valence-corrected chi connectivity index (χ1v) is 6.49. The van der Waals surface area contributed by atoms with Crippen molar-refractivity contribution in [2.75, 3.05) is 27.3 Å². The van der Waals surface area contributed by atoms with E-state index in [1.54, 1.807) is 19.1 Å². The Morgan fingerprint density at radius 3 is 2.88 bits per heavy atom. The quantitative estimate of drug-likeness (QED) is 0.808. The van der Waals surface area contributed by atoms with E-state index in [9.17, 15) is 4.79 Å². The summed E-state index contributed by atoms with van der Waals surface area (Å²) in [6.07, 6.45) is 2.95. The zero-order valence-electron chi connectivity index (χ0n) is 10.6. The van der Waals surface area contributed by atoms with E-state index < -0.39 is 0 Å². The second kappa shape index (κ2) is 6.81. The van der Waals surface area contributed by atoms with Crippen LogP contribution in [0.2, 0.25) is 0 Å². The maximum Gasteiger partial charge on any atom is 0.270 e. The predicted molar refractivity (Wildman–Crippen MR) is 71.3 cm³/mol. The van der Waals surface area contributed by atoms with E-state index in [4.69, 9.17) is 4.74 Å². The van der Waals surface area contributed by atoms with Crippen LogP contribution in [0.15, 0.2) is 16.7 Å². The smallest absolute Gasteiger partial charge is 0.270 e. The van der Waals surface area contributed by atoms with Crippen LogP contribution in [0.1, 0.15) is 23.8 Å². The maximum atomic E-state index is 12.2. The number of amides is 1. The second-order valence-electron chi connectivity index (χ2n) is 3.96. The number of ether oxygens (including phenoxy) is 1. The molecule has 1 aromatic heterocycles. The minimum Gasteiger partial charge on any atom is -0.383 e. The lowest BCUT2D eigenvalue weighted by Gasteiger charge is -2.17. The van der Waals surface area contributed by atoms with E-state index in [2.05, 4.69) is 22.9 Å². The van der Waals surface area contributed by atoms with Gasteiger partial charge in [-0.3, -0.25) is 4.79 Å². The van der Waals surface area contributed by atoms with Crippen LogP contribution in [-0.4, -0.2) is 42.7 Å². The average Bonchev–Trinajstić information content (AvgIpc) is 2.66. The van der Waals surface area contributed by atoms with Gasteiger partial charge in [-0.05, 0) is 28.4 Å². The molecular weight excluding hydrogens is 284 g/mol. The summed E-state index contributed by atoms with van der Waals surface area (Å²) in [5.41, 5.74) is 0.720. The molecule has 0 aliphatic rings. The van der Waals surface area contributed by atoms with Crippen molar-refractivity contribution in [1.82, 2.24) is 9.47 Å². The lowest BCUT2D eigenvalue weighted by atomic mass is 10.3. The number of rotatable bonds is 6. The molecule has 1 aromatic rings. The fourth-order valence-corrected chi connectivity index (χ4v) is 2.07. The number of carbonyl (C=O) groups is 1. The first-order valence-electron chi connectivity index (χ1n) is 5.70. The molecule has 0 aromatic carbocycles. The molecule has 96 valence electrons. The zero-order chi connectivity index (χ0) is 12.8. The number of halogens is 1. The molecule has 0 atom stereocenters. The minimum atomic E-state index is 0.0289. The molecule has 1 rings (SSSR count). The predicted octanol–water partition coefficient (Wildman–Crippen LogP) is 2.38. The van der Waals surface area contributed by atoms with Gasteiger partial charge in [0.1, 0.15) is 5.69 Å². The first kappa shape index (κ1) is 14.3. The van der Waals surface area contributed by atoms with E-state index in [1.807, 2.05) is 16.8 Å². The van der Waals surface area contributed by atoms with Gasteiger partial charge in [-0.2, -0.15) is 0 Å². The largest absolute Gasteiger partial charge is 0.383 e. The molecule has 0 saturated carbocycles. The normalized spacial score (nSPS) is 10.6. The summed E-state index contributed by atoms with van der Waals surface area (Å²) in [5.74, 6) is 0.0289. The average molecular weight is 303 g/mol. The van der Waals surface area contributed by atoms with Gasteiger partial charge in [-0.1, -0.05) is 6.92 Å². The third-order valence-electron chi connectivity index (χ3n) is 2.52. The summed E-state index contributed by atoms with van der Waals surface area (Å²) in [6.45, 7) is 4.10. The van der Waals surface area contributed by atoms with Gasteiger partial charge in [0.15, 0.2) is 0 Å². The van der Waals surface area contributed by atoms with Gasteiger partial charge in [0.2, 0.25) is 0 Å². The topological polar surface area (TPSA) is 34.5 Å². The summed E-state index contributed by atoms with van der Waals surface area (Å²) in [5, 5.41) is 0. The van der Waals surface area contributed by atoms with E-state index >= 15 is 0 Å². The minimum absolute atomic E-state index is 0.0289. The molecular formula is C12H19BrN2O2. The maximum absolute atomic E-state index is 12.2. The van der Waals surface area contributed by atoms with Gasteiger partial charge in [0.05, 0.1) is 6.61 Å². The Morgan fingerprint density at radius 1 is 1.59 bits per heavy atom. The summed E-state index contributed by atoms with van der Waals surface area (Å²) in [6, 6.07) is 1.86. The van der Waals surface area contributed by atoms with E-state index in [1.165, 1.54) is 0 Å². The second-order valence-corrected chi connectivity index (χ2v) is 4.87. The van der Waals surface area contributed by atoms with Crippen molar-refractivity contribution < 1.29 is 9.53 Å². The van der Waals surface area contributed by atoms with Crippen LogP contribution in [0.5, 0.6) is 0 Å². The van der Waals surface area contributed by atoms with Gasteiger partial charge >= 0.3 is 0 Å². The highest BCUT2D eigenvalue weighted by molar-refractivity contribution is 9.10. The highest BCUT2D eigenvalue weighted by atomic mass is 79.9. The van der Waals surface area contributed by atoms with Gasteiger partial charge in [-0.15, -0.1) is 0 Å². The highest BCUT2D eigenvalue weighted by Crippen LogP contribution is 2.16. The van der Waals surface area contributed by atoms with Gasteiger partial charge in [0, 0.05) is 37.9 Å². The van der Waals surface area contributed by atoms with Crippen LogP contribution in [0.25, 0.3) is 0 Å². The highest BCUT2D eigenvalue weighted by Gasteiger charge is 2.16. The van der Waals surface area contributed by atoms with Crippen molar-refractivity contribution in [1.29, 1.82) is 0 Å². The Bertz CT molecular complexity index is 377. The Kier molecular flexibility index (Phi) is 5.71. The van der Waals surface area contributed by atoms with Crippen molar-refractivity contribution in [2.45, 2.75) is 19.9 Å². The van der Waals surface area contributed by atoms with Crippen molar-refractivity contribution in [2.24, 2.45) is 0 Å². The van der Waals surface area contributed by atoms with Crippen molar-refractivity contribution in [3.63, 3.8) is 0 Å². The lowest BCUT2D eigenvalue weighted by Crippen LogP contribution is -2.31. The van der Waals surface area contributed by atoms with Crippen molar-refractivity contribution in [3.05, 3.63) is 22.4 Å². The molecule has 0 unspecified atom stereocenters. The number of methoxy groups -OCH3 is 1. The van der Waals surface area contributed by atoms with E-state index in [0.717, 1.165) is 23.1 Å². The van der Waals surface area contributed by atoms with Crippen molar-refractivity contribution in [3.8, 4) is 0 Å². The van der Waals surface area contributed by atoms with E-state index in [0.29, 0.717) is 13.2 Å². The van der Waals surface area contributed by atoms with Crippen LogP contribution < -0.4 is 0 Å². The summed E-state index contributed by atoms with van der Waals surface area (Å²) in [4.78, 5) is 13.9. The number of hydrogen-bond acceptors (Lipinski definition) is 2. The number of carbonyl (C=O) groups excluding carboxylic acids is 1. The van der Waals surface area contributed by atoms with Gasteiger partial charge in [0.25, 0.3) is 5.91 Å². The number of aromatic nitrogens is 1. The number of hydrogen-bond donors (Lipinski definition) is 0. The molecule has 1 heterocycles. The fourth-order valence-electron chi connectivity index (χ4n) is 1.61. The molecule has 0 bridgehead atoms. The van der Waals surface area contributed by atoms with E-state index in [-0.39, 0.29) is 5.91 Å². The number of aryl methyl sites for hydroxylation is 1. The Hall–Kier alpha value is -0.810. The van der Waals surface area contributed by atoms with Crippen LogP contribution in [0, 0.1) is 0 Å². The molecule has 0 spiro atoms. The molecule has 0 fully saturated rings.